The first-order valence-corrected chi connectivity index (χ1v) is 12.4. The molecule has 0 N–H and O–H groups in total. The first-order chi connectivity index (χ1) is 14.2. The maximum atomic E-state index is 13.1. The lowest BCUT2D eigenvalue weighted by molar-refractivity contribution is -0.134. The second-order valence-corrected chi connectivity index (χ2v) is 10.8. The predicted octanol–water partition coefficient (Wildman–Crippen LogP) is 3.37. The number of carbonyl (C=O) groups excluding carboxylic acids is 2. The molecule has 162 valence electrons. The Labute approximate surface area is 180 Å². The summed E-state index contributed by atoms with van der Waals surface area (Å²) in [5.41, 5.74) is 3.62. The van der Waals surface area contributed by atoms with Gasteiger partial charge in [0.1, 0.15) is 17.5 Å². The quantitative estimate of drug-likeness (QED) is 0.543. The van der Waals surface area contributed by atoms with Crippen molar-refractivity contribution in [3.05, 3.63) is 34.4 Å². The molecular weight excluding hydrogens is 398 g/mol. The molecule has 3 rings (SSSR count). The van der Waals surface area contributed by atoms with Crippen molar-refractivity contribution in [3.63, 3.8) is 0 Å². The number of nitrogens with zero attached hydrogens (tertiary/aromatic N) is 1. The molecule has 1 aliphatic carbocycles. The fraction of sp³-hybridized carbons (Fsp3) is 0.583. The van der Waals surface area contributed by atoms with Crippen molar-refractivity contribution in [3.8, 4) is 11.8 Å². The molecule has 0 radical (unpaired) electrons. The van der Waals surface area contributed by atoms with Crippen molar-refractivity contribution < 1.29 is 18.0 Å². The summed E-state index contributed by atoms with van der Waals surface area (Å²) < 4.78 is 25.7. The molecule has 1 saturated carbocycles. The number of aryl methyl sites for hydroxylation is 2. The molecule has 1 aromatic rings. The van der Waals surface area contributed by atoms with E-state index in [1.54, 1.807) is 18.2 Å². The SMILES string of the molecule is CC#Cc1cc(C)c(C2C(=O)CC(C3CCN(S(=O)(=O)CC)CC3)CC2=O)c(C)c1. The van der Waals surface area contributed by atoms with Crippen LogP contribution in [0.1, 0.15) is 67.7 Å². The van der Waals surface area contributed by atoms with Crippen molar-refractivity contribution in [2.75, 3.05) is 18.8 Å². The average Bonchev–Trinajstić information content (AvgIpc) is 2.69. The standard InChI is InChI=1S/C24H31NO4S/c1-5-7-18-12-16(3)23(17(4)13-18)24-21(26)14-20(15-22(24)27)19-8-10-25(11-9-19)30(28,29)6-2/h12-13,19-20,24H,6,8-11,14-15H2,1-4H3. The van der Waals surface area contributed by atoms with Crippen LogP contribution in [0.5, 0.6) is 0 Å². The van der Waals surface area contributed by atoms with E-state index in [2.05, 4.69) is 11.8 Å². The molecule has 0 atom stereocenters. The van der Waals surface area contributed by atoms with Gasteiger partial charge in [0, 0.05) is 31.5 Å². The maximum Gasteiger partial charge on any atom is 0.213 e. The molecule has 30 heavy (non-hydrogen) atoms. The lowest BCUT2D eigenvalue weighted by Gasteiger charge is -2.38. The average molecular weight is 430 g/mol. The Bertz CT molecular complexity index is 966. The minimum atomic E-state index is -3.17. The molecule has 2 aliphatic rings. The Morgan fingerprint density at radius 1 is 1.00 bits per heavy atom. The van der Waals surface area contributed by atoms with Gasteiger partial charge in [-0.3, -0.25) is 9.59 Å². The van der Waals surface area contributed by atoms with Crippen LogP contribution in [0.15, 0.2) is 12.1 Å². The van der Waals surface area contributed by atoms with Crippen LogP contribution in [0.25, 0.3) is 0 Å². The molecule has 2 fully saturated rings. The van der Waals surface area contributed by atoms with Gasteiger partial charge in [-0.05, 0) is 81.2 Å². The van der Waals surface area contributed by atoms with Gasteiger partial charge in [-0.2, -0.15) is 0 Å². The molecular formula is C24H31NO4S. The van der Waals surface area contributed by atoms with Gasteiger partial charge in [0.05, 0.1) is 5.75 Å². The Hall–Kier alpha value is -1.97. The van der Waals surface area contributed by atoms with Crippen LogP contribution >= 0.6 is 0 Å². The summed E-state index contributed by atoms with van der Waals surface area (Å²) >= 11 is 0. The van der Waals surface area contributed by atoms with Crippen LogP contribution < -0.4 is 0 Å². The zero-order chi connectivity index (χ0) is 22.1. The van der Waals surface area contributed by atoms with Gasteiger partial charge in [-0.15, -0.1) is 5.92 Å². The second-order valence-electron chi connectivity index (χ2n) is 8.57. The van der Waals surface area contributed by atoms with Gasteiger partial charge in [0.2, 0.25) is 10.0 Å². The third kappa shape index (κ3) is 4.53. The highest BCUT2D eigenvalue weighted by molar-refractivity contribution is 7.89. The summed E-state index contributed by atoms with van der Waals surface area (Å²) in [6.07, 6.45) is 2.24. The highest BCUT2D eigenvalue weighted by atomic mass is 32.2. The lowest BCUT2D eigenvalue weighted by Crippen LogP contribution is -2.43. The maximum absolute atomic E-state index is 13.1. The van der Waals surface area contributed by atoms with E-state index < -0.39 is 15.9 Å². The molecule has 0 spiro atoms. The number of hydrogen-bond donors (Lipinski definition) is 0. The van der Waals surface area contributed by atoms with Gasteiger partial charge in [0.15, 0.2) is 0 Å². The molecule has 1 saturated heterocycles. The summed E-state index contributed by atoms with van der Waals surface area (Å²) in [5.74, 6) is 5.62. The van der Waals surface area contributed by atoms with E-state index >= 15 is 0 Å². The zero-order valence-corrected chi connectivity index (χ0v) is 19.1. The van der Waals surface area contributed by atoms with E-state index in [1.807, 2.05) is 26.0 Å². The van der Waals surface area contributed by atoms with Crippen LogP contribution in [-0.4, -0.2) is 43.1 Å². The number of hydrogen-bond acceptors (Lipinski definition) is 4. The molecule has 1 aliphatic heterocycles. The minimum absolute atomic E-state index is 0.000356. The number of benzene rings is 1. The van der Waals surface area contributed by atoms with Crippen LogP contribution in [0.2, 0.25) is 0 Å². The van der Waals surface area contributed by atoms with Gasteiger partial charge < -0.3 is 0 Å². The summed E-state index contributed by atoms with van der Waals surface area (Å²) in [7, 11) is -3.17. The minimum Gasteiger partial charge on any atom is -0.299 e. The molecule has 0 bridgehead atoms. The number of Topliss-reactive ketones (excluding diaryl/α,β-unsaturated/α-hetero) is 2. The molecule has 0 aromatic heterocycles. The van der Waals surface area contributed by atoms with E-state index in [0.29, 0.717) is 25.9 Å². The van der Waals surface area contributed by atoms with E-state index in [-0.39, 0.29) is 29.2 Å². The van der Waals surface area contributed by atoms with Gasteiger partial charge in [0.25, 0.3) is 0 Å². The number of ketones is 2. The van der Waals surface area contributed by atoms with Crippen LogP contribution in [-0.2, 0) is 19.6 Å². The van der Waals surface area contributed by atoms with Crippen molar-refractivity contribution in [2.45, 2.75) is 59.3 Å². The predicted molar refractivity (Wildman–Crippen MR) is 118 cm³/mol. The van der Waals surface area contributed by atoms with Crippen LogP contribution in [0.4, 0.5) is 0 Å². The monoisotopic (exact) mass is 429 g/mol. The third-order valence-corrected chi connectivity index (χ3v) is 8.53. The highest BCUT2D eigenvalue weighted by Gasteiger charge is 2.41. The Balaban J connectivity index is 1.73. The lowest BCUT2D eigenvalue weighted by atomic mass is 9.69. The van der Waals surface area contributed by atoms with Crippen molar-refractivity contribution >= 4 is 21.6 Å². The fourth-order valence-corrected chi connectivity index (χ4v) is 6.25. The van der Waals surface area contributed by atoms with E-state index in [9.17, 15) is 18.0 Å². The Morgan fingerprint density at radius 3 is 2.00 bits per heavy atom. The summed E-state index contributed by atoms with van der Waals surface area (Å²) in [4.78, 5) is 26.2. The fourth-order valence-electron chi connectivity index (χ4n) is 5.11. The first-order valence-electron chi connectivity index (χ1n) is 10.7. The smallest absolute Gasteiger partial charge is 0.213 e. The molecule has 1 heterocycles. The number of rotatable bonds is 4. The summed E-state index contributed by atoms with van der Waals surface area (Å²) in [5, 5.41) is 0. The first kappa shape index (κ1) is 22.7. The Morgan fingerprint density at radius 2 is 1.53 bits per heavy atom. The summed E-state index contributed by atoms with van der Waals surface area (Å²) in [6.45, 7) is 8.31. The molecule has 0 amide bonds. The van der Waals surface area contributed by atoms with Crippen molar-refractivity contribution in [2.24, 2.45) is 11.8 Å². The third-order valence-electron chi connectivity index (χ3n) is 6.65. The number of carbonyl (C=O) groups is 2. The second kappa shape index (κ2) is 9.03. The van der Waals surface area contributed by atoms with Gasteiger partial charge in [-0.1, -0.05) is 5.92 Å². The van der Waals surface area contributed by atoms with Gasteiger partial charge in [-0.25, -0.2) is 12.7 Å². The molecule has 5 nitrogen and oxygen atoms in total. The number of sulfonamides is 1. The summed E-state index contributed by atoms with van der Waals surface area (Å²) in [6, 6.07) is 3.91. The zero-order valence-electron chi connectivity index (χ0n) is 18.3. The van der Waals surface area contributed by atoms with E-state index in [0.717, 1.165) is 35.1 Å². The molecule has 1 aromatic carbocycles. The highest BCUT2D eigenvalue weighted by Crippen LogP contribution is 2.40. The van der Waals surface area contributed by atoms with E-state index in [4.69, 9.17) is 0 Å². The Kier molecular flexibility index (Phi) is 6.84. The van der Waals surface area contributed by atoms with Crippen LogP contribution in [0.3, 0.4) is 0 Å². The van der Waals surface area contributed by atoms with Crippen LogP contribution in [0, 0.1) is 37.5 Å². The normalized spacial score (nSPS) is 23.9. The number of piperidine rings is 1. The topological polar surface area (TPSA) is 71.5 Å². The van der Waals surface area contributed by atoms with Gasteiger partial charge >= 0.3 is 0 Å². The largest absolute Gasteiger partial charge is 0.299 e. The van der Waals surface area contributed by atoms with Crippen molar-refractivity contribution in [1.29, 1.82) is 0 Å². The molecule has 6 heteroatoms. The van der Waals surface area contributed by atoms with Crippen molar-refractivity contribution in [1.82, 2.24) is 4.31 Å². The molecule has 0 unspecified atom stereocenters. The van der Waals surface area contributed by atoms with E-state index in [1.165, 1.54) is 0 Å².